The van der Waals surface area contributed by atoms with E-state index in [1.54, 1.807) is 6.92 Å². The Morgan fingerprint density at radius 1 is 1.29 bits per heavy atom. The first-order valence-corrected chi connectivity index (χ1v) is 5.23. The van der Waals surface area contributed by atoms with Crippen LogP contribution in [0.5, 0.6) is 0 Å². The molecule has 4 nitrogen and oxygen atoms in total. The van der Waals surface area contributed by atoms with Gasteiger partial charge in [-0.25, -0.2) is 0 Å². The molecule has 0 bridgehead atoms. The monoisotopic (exact) mass is 203 g/mol. The number of aliphatic hydroxyl groups excluding tert-OH is 1. The fourth-order valence-electron chi connectivity index (χ4n) is 1.28. The second-order valence-corrected chi connectivity index (χ2v) is 3.12. The number of nitrogens with zero attached hydrogens (tertiary/aromatic N) is 1. The molecule has 0 saturated carbocycles. The van der Waals surface area contributed by atoms with Crippen LogP contribution < -0.4 is 0 Å². The van der Waals surface area contributed by atoms with Crippen LogP contribution in [0.1, 0.15) is 26.7 Å². The van der Waals surface area contributed by atoms with Crippen LogP contribution in [0, 0.1) is 0 Å². The summed E-state index contributed by atoms with van der Waals surface area (Å²) in [7, 11) is 0. The van der Waals surface area contributed by atoms with Crippen molar-refractivity contribution in [1.82, 2.24) is 4.90 Å². The lowest BCUT2D eigenvalue weighted by atomic mass is 10.3. The number of rotatable bonds is 8. The Kier molecular flexibility index (Phi) is 8.57. The molecule has 0 spiro atoms. The first kappa shape index (κ1) is 13.4. The Hall–Kier alpha value is -0.610. The summed E-state index contributed by atoms with van der Waals surface area (Å²) in [5.74, 6) is -0.161. The average molecular weight is 203 g/mol. The standard InChI is InChI=1S/C10H21NO3/c1-3-6-11(8-9-12)7-5-10(13)14-4-2/h12H,3-9H2,1-2H3. The lowest BCUT2D eigenvalue weighted by molar-refractivity contribution is -0.143. The number of carbonyl (C=O) groups is 1. The van der Waals surface area contributed by atoms with Gasteiger partial charge in [0.2, 0.25) is 0 Å². The van der Waals surface area contributed by atoms with E-state index in [1.165, 1.54) is 0 Å². The fourth-order valence-corrected chi connectivity index (χ4v) is 1.28. The maximum Gasteiger partial charge on any atom is 0.307 e. The van der Waals surface area contributed by atoms with Crippen LogP contribution in [0.15, 0.2) is 0 Å². The number of esters is 1. The summed E-state index contributed by atoms with van der Waals surface area (Å²) >= 11 is 0. The molecule has 0 aliphatic heterocycles. The highest BCUT2D eigenvalue weighted by Crippen LogP contribution is 1.95. The molecule has 0 radical (unpaired) electrons. The Morgan fingerprint density at radius 2 is 2.00 bits per heavy atom. The molecule has 0 atom stereocenters. The Balaban J connectivity index is 3.63. The molecule has 0 aromatic carbocycles. The molecule has 0 fully saturated rings. The van der Waals surface area contributed by atoms with E-state index in [9.17, 15) is 4.79 Å². The van der Waals surface area contributed by atoms with Crippen molar-refractivity contribution in [2.75, 3.05) is 32.8 Å². The first-order chi connectivity index (χ1) is 6.74. The lowest BCUT2D eigenvalue weighted by Gasteiger charge is -2.19. The molecule has 0 aliphatic carbocycles. The molecule has 4 heteroatoms. The van der Waals surface area contributed by atoms with Gasteiger partial charge in [0.15, 0.2) is 0 Å². The zero-order valence-electron chi connectivity index (χ0n) is 9.16. The predicted octanol–water partition coefficient (Wildman–Crippen LogP) is 0.644. The molecule has 0 heterocycles. The second kappa shape index (κ2) is 8.97. The van der Waals surface area contributed by atoms with Crippen LogP contribution in [-0.4, -0.2) is 48.8 Å². The van der Waals surface area contributed by atoms with Gasteiger partial charge in [-0.15, -0.1) is 0 Å². The fraction of sp³-hybridized carbons (Fsp3) is 0.900. The minimum Gasteiger partial charge on any atom is -0.466 e. The molecule has 0 aromatic heterocycles. The third-order valence-electron chi connectivity index (χ3n) is 1.89. The SMILES string of the molecule is CCCN(CCO)CCC(=O)OCC. The summed E-state index contributed by atoms with van der Waals surface area (Å²) in [5, 5.41) is 8.77. The average Bonchev–Trinajstić information content (AvgIpc) is 2.15. The van der Waals surface area contributed by atoms with E-state index in [0.29, 0.717) is 26.1 Å². The molecule has 0 aliphatic rings. The highest BCUT2D eigenvalue weighted by atomic mass is 16.5. The molecule has 1 N–H and O–H groups in total. The van der Waals surface area contributed by atoms with E-state index >= 15 is 0 Å². The summed E-state index contributed by atoms with van der Waals surface area (Å²) in [5.41, 5.74) is 0. The normalized spacial score (nSPS) is 10.6. The quantitative estimate of drug-likeness (QED) is 0.588. The number of hydrogen-bond acceptors (Lipinski definition) is 4. The topological polar surface area (TPSA) is 49.8 Å². The van der Waals surface area contributed by atoms with Crippen molar-refractivity contribution in [2.45, 2.75) is 26.7 Å². The summed E-state index contributed by atoms with van der Waals surface area (Å²) in [6, 6.07) is 0. The number of carbonyl (C=O) groups excluding carboxylic acids is 1. The van der Waals surface area contributed by atoms with Crippen LogP contribution in [0.3, 0.4) is 0 Å². The number of ether oxygens (including phenoxy) is 1. The van der Waals surface area contributed by atoms with Gasteiger partial charge in [0, 0.05) is 13.1 Å². The Morgan fingerprint density at radius 3 is 2.50 bits per heavy atom. The van der Waals surface area contributed by atoms with Gasteiger partial charge in [-0.2, -0.15) is 0 Å². The van der Waals surface area contributed by atoms with Crippen LogP contribution >= 0.6 is 0 Å². The number of hydrogen-bond donors (Lipinski definition) is 1. The molecule has 0 amide bonds. The Bertz CT molecular complexity index is 144. The van der Waals surface area contributed by atoms with Gasteiger partial charge in [0.05, 0.1) is 19.6 Å². The van der Waals surface area contributed by atoms with Gasteiger partial charge in [0.1, 0.15) is 0 Å². The van der Waals surface area contributed by atoms with Gasteiger partial charge in [-0.1, -0.05) is 6.92 Å². The molecule has 0 saturated heterocycles. The van der Waals surface area contributed by atoms with Crippen molar-refractivity contribution in [2.24, 2.45) is 0 Å². The summed E-state index contributed by atoms with van der Waals surface area (Å²) < 4.78 is 4.82. The van der Waals surface area contributed by atoms with E-state index in [-0.39, 0.29) is 12.6 Å². The van der Waals surface area contributed by atoms with Crippen LogP contribution in [0.2, 0.25) is 0 Å². The summed E-state index contributed by atoms with van der Waals surface area (Å²) in [4.78, 5) is 13.1. The molecule has 0 unspecified atom stereocenters. The Labute approximate surface area is 85.9 Å². The minimum absolute atomic E-state index is 0.142. The maximum atomic E-state index is 11.0. The van der Waals surface area contributed by atoms with Gasteiger partial charge in [-0.3, -0.25) is 4.79 Å². The molecule has 0 rings (SSSR count). The largest absolute Gasteiger partial charge is 0.466 e. The van der Waals surface area contributed by atoms with Gasteiger partial charge >= 0.3 is 5.97 Å². The zero-order chi connectivity index (χ0) is 10.8. The molecular formula is C10H21NO3. The number of aliphatic hydroxyl groups is 1. The van der Waals surface area contributed by atoms with Crippen molar-refractivity contribution < 1.29 is 14.6 Å². The van der Waals surface area contributed by atoms with E-state index in [0.717, 1.165) is 13.0 Å². The van der Waals surface area contributed by atoms with Crippen LogP contribution in [0.4, 0.5) is 0 Å². The van der Waals surface area contributed by atoms with E-state index in [4.69, 9.17) is 9.84 Å². The van der Waals surface area contributed by atoms with Gasteiger partial charge in [-0.05, 0) is 19.9 Å². The van der Waals surface area contributed by atoms with Crippen molar-refractivity contribution >= 4 is 5.97 Å². The molecule has 14 heavy (non-hydrogen) atoms. The van der Waals surface area contributed by atoms with E-state index in [1.807, 2.05) is 0 Å². The van der Waals surface area contributed by atoms with Crippen molar-refractivity contribution in [1.29, 1.82) is 0 Å². The first-order valence-electron chi connectivity index (χ1n) is 5.23. The maximum absolute atomic E-state index is 11.0. The highest BCUT2D eigenvalue weighted by Gasteiger charge is 2.07. The molecule has 0 aromatic rings. The van der Waals surface area contributed by atoms with E-state index < -0.39 is 0 Å². The zero-order valence-corrected chi connectivity index (χ0v) is 9.16. The third-order valence-corrected chi connectivity index (χ3v) is 1.89. The van der Waals surface area contributed by atoms with Gasteiger partial charge < -0.3 is 14.7 Å². The highest BCUT2D eigenvalue weighted by molar-refractivity contribution is 5.69. The second-order valence-electron chi connectivity index (χ2n) is 3.12. The smallest absolute Gasteiger partial charge is 0.307 e. The molecule has 84 valence electrons. The van der Waals surface area contributed by atoms with Crippen molar-refractivity contribution in [3.05, 3.63) is 0 Å². The van der Waals surface area contributed by atoms with Gasteiger partial charge in [0.25, 0.3) is 0 Å². The predicted molar refractivity (Wildman–Crippen MR) is 55.1 cm³/mol. The summed E-state index contributed by atoms with van der Waals surface area (Å²) in [6.07, 6.45) is 1.44. The van der Waals surface area contributed by atoms with Crippen molar-refractivity contribution in [3.8, 4) is 0 Å². The van der Waals surface area contributed by atoms with E-state index in [2.05, 4.69) is 11.8 Å². The lowest BCUT2D eigenvalue weighted by Crippen LogP contribution is -2.30. The third kappa shape index (κ3) is 6.86. The van der Waals surface area contributed by atoms with Crippen molar-refractivity contribution in [3.63, 3.8) is 0 Å². The minimum atomic E-state index is -0.161. The molecular weight excluding hydrogens is 182 g/mol. The van der Waals surface area contributed by atoms with Crippen LogP contribution in [-0.2, 0) is 9.53 Å². The van der Waals surface area contributed by atoms with Crippen LogP contribution in [0.25, 0.3) is 0 Å². The summed E-state index contributed by atoms with van der Waals surface area (Å²) in [6.45, 7) is 6.68.